The molecule has 3 aromatic rings. The Morgan fingerprint density at radius 1 is 0.723 bits per heavy atom. The van der Waals surface area contributed by atoms with E-state index in [1.807, 2.05) is 48.5 Å². The number of esters is 2. The lowest BCUT2D eigenvalue weighted by Crippen LogP contribution is -2.39. The fraction of sp³-hybridized carbons (Fsp3) is 0.447. The van der Waals surface area contributed by atoms with Crippen molar-refractivity contribution in [3.63, 3.8) is 0 Å². The average Bonchev–Trinajstić information content (AvgIpc) is 3.09. The van der Waals surface area contributed by atoms with Gasteiger partial charge in [-0.1, -0.05) is 36.4 Å². The van der Waals surface area contributed by atoms with Crippen LogP contribution in [0.15, 0.2) is 72.8 Å². The Balaban J connectivity index is 1.29. The lowest BCUT2D eigenvalue weighted by molar-refractivity contribution is -0.144. The van der Waals surface area contributed by atoms with Crippen molar-refractivity contribution in [1.82, 2.24) is 4.90 Å². The van der Waals surface area contributed by atoms with Gasteiger partial charge in [-0.3, -0.25) is 9.59 Å². The minimum atomic E-state index is -0.485. The molecule has 0 aliphatic carbocycles. The molecule has 0 aromatic heterocycles. The van der Waals surface area contributed by atoms with Crippen molar-refractivity contribution in [2.24, 2.45) is 5.92 Å². The van der Waals surface area contributed by atoms with Gasteiger partial charge in [0.1, 0.15) is 17.2 Å². The second kappa shape index (κ2) is 19.2. The van der Waals surface area contributed by atoms with E-state index in [1.165, 1.54) is 0 Å². The summed E-state index contributed by atoms with van der Waals surface area (Å²) in [6, 6.07) is 22.7. The molecule has 47 heavy (non-hydrogen) atoms. The zero-order valence-electron chi connectivity index (χ0n) is 27.6. The molecule has 0 bridgehead atoms. The predicted octanol–water partition coefficient (Wildman–Crippen LogP) is 6.92. The molecular formula is C38H47NO8. The van der Waals surface area contributed by atoms with Crippen molar-refractivity contribution in [3.05, 3.63) is 89.5 Å². The van der Waals surface area contributed by atoms with Crippen molar-refractivity contribution >= 4 is 17.8 Å². The first-order valence-corrected chi connectivity index (χ1v) is 16.8. The van der Waals surface area contributed by atoms with Crippen molar-refractivity contribution in [1.29, 1.82) is 0 Å². The number of rotatable bonds is 18. The Hall–Kier alpha value is -4.53. The Labute approximate surface area is 278 Å². The highest BCUT2D eigenvalue weighted by atomic mass is 16.5. The van der Waals surface area contributed by atoms with Crippen LogP contribution in [-0.2, 0) is 20.7 Å². The molecule has 3 aromatic carbocycles. The molecular weight excluding hydrogens is 598 g/mol. The van der Waals surface area contributed by atoms with E-state index in [0.29, 0.717) is 82.1 Å². The number of unbranched alkanes of at least 4 members (excludes halogenated alkanes) is 1. The van der Waals surface area contributed by atoms with Crippen LogP contribution < -0.4 is 14.2 Å². The van der Waals surface area contributed by atoms with Crippen LogP contribution in [0.2, 0.25) is 0 Å². The van der Waals surface area contributed by atoms with E-state index < -0.39 is 5.97 Å². The highest BCUT2D eigenvalue weighted by Gasteiger charge is 2.28. The van der Waals surface area contributed by atoms with Crippen molar-refractivity contribution < 1.29 is 38.1 Å². The highest BCUT2D eigenvalue weighted by Crippen LogP contribution is 2.28. The minimum Gasteiger partial charge on any atom is -0.494 e. The Bertz CT molecular complexity index is 1420. The van der Waals surface area contributed by atoms with Crippen LogP contribution in [-0.4, -0.2) is 68.9 Å². The third kappa shape index (κ3) is 11.3. The van der Waals surface area contributed by atoms with Gasteiger partial charge in [0.05, 0.1) is 44.2 Å². The summed E-state index contributed by atoms with van der Waals surface area (Å²) in [7, 11) is 0. The number of piperidine rings is 1. The number of carbonyl (C=O) groups excluding carboxylic acids is 3. The maximum atomic E-state index is 13.7. The van der Waals surface area contributed by atoms with Crippen LogP contribution in [0.3, 0.4) is 0 Å². The van der Waals surface area contributed by atoms with Gasteiger partial charge in [-0.15, -0.1) is 0 Å². The number of para-hydroxylation sites is 2. The molecule has 0 unspecified atom stereocenters. The zero-order valence-corrected chi connectivity index (χ0v) is 27.6. The molecule has 1 fully saturated rings. The third-order valence-corrected chi connectivity index (χ3v) is 8.01. The number of aryl methyl sites for hydroxylation is 1. The first-order chi connectivity index (χ1) is 23.0. The zero-order chi connectivity index (χ0) is 33.3. The number of hydrogen-bond donors (Lipinski definition) is 0. The quantitative estimate of drug-likeness (QED) is 0.109. The second-order valence-corrected chi connectivity index (χ2v) is 11.5. The van der Waals surface area contributed by atoms with Crippen LogP contribution in [0.1, 0.15) is 78.7 Å². The van der Waals surface area contributed by atoms with Crippen LogP contribution in [0.4, 0.5) is 0 Å². The Kier molecular flexibility index (Phi) is 14.4. The van der Waals surface area contributed by atoms with E-state index in [1.54, 1.807) is 36.9 Å². The molecule has 0 N–H and O–H groups in total. The predicted molar refractivity (Wildman–Crippen MR) is 179 cm³/mol. The first-order valence-electron chi connectivity index (χ1n) is 16.8. The maximum Gasteiger partial charge on any atom is 0.338 e. The van der Waals surface area contributed by atoms with Gasteiger partial charge in [0.15, 0.2) is 0 Å². The van der Waals surface area contributed by atoms with Gasteiger partial charge in [-0.25, -0.2) is 4.79 Å². The molecule has 4 rings (SSSR count). The molecule has 0 atom stereocenters. The number of amides is 1. The van der Waals surface area contributed by atoms with Gasteiger partial charge in [0.25, 0.3) is 5.91 Å². The van der Waals surface area contributed by atoms with Gasteiger partial charge >= 0.3 is 11.9 Å². The maximum absolute atomic E-state index is 13.7. The fourth-order valence-electron chi connectivity index (χ4n) is 5.52. The molecule has 1 amide bonds. The van der Waals surface area contributed by atoms with E-state index in [0.717, 1.165) is 36.3 Å². The third-order valence-electron chi connectivity index (χ3n) is 8.01. The summed E-state index contributed by atoms with van der Waals surface area (Å²) in [5.74, 6) is 1.46. The largest absolute Gasteiger partial charge is 0.494 e. The van der Waals surface area contributed by atoms with Gasteiger partial charge in [0, 0.05) is 19.5 Å². The fourth-order valence-corrected chi connectivity index (χ4v) is 5.52. The first kappa shape index (κ1) is 35.3. The van der Waals surface area contributed by atoms with Gasteiger partial charge in [-0.2, -0.15) is 0 Å². The minimum absolute atomic E-state index is 0.181. The van der Waals surface area contributed by atoms with Crippen molar-refractivity contribution in [2.45, 2.75) is 58.8 Å². The van der Waals surface area contributed by atoms with E-state index in [-0.39, 0.29) is 24.4 Å². The molecule has 0 spiro atoms. The summed E-state index contributed by atoms with van der Waals surface area (Å²) in [6.45, 7) is 6.80. The number of benzene rings is 3. The van der Waals surface area contributed by atoms with E-state index in [9.17, 15) is 14.4 Å². The average molecular weight is 646 g/mol. The SMILES string of the molecule is CCOC(=O)CC1CCN(C(=O)c2cc(C(=O)OCC)ccc2OCCCc2ccccc2OCCCCOc2ccccc2)CC1. The number of hydrogen-bond acceptors (Lipinski definition) is 8. The normalized spacial score (nSPS) is 13.1. The topological polar surface area (TPSA) is 101 Å². The second-order valence-electron chi connectivity index (χ2n) is 11.5. The molecule has 9 nitrogen and oxygen atoms in total. The number of carbonyl (C=O) groups is 3. The molecule has 1 aliphatic rings. The van der Waals surface area contributed by atoms with E-state index in [2.05, 4.69) is 6.07 Å². The smallest absolute Gasteiger partial charge is 0.338 e. The summed E-state index contributed by atoms with van der Waals surface area (Å²) in [4.78, 5) is 39.9. The van der Waals surface area contributed by atoms with Gasteiger partial charge < -0.3 is 28.6 Å². The summed E-state index contributed by atoms with van der Waals surface area (Å²) in [5, 5.41) is 0. The summed E-state index contributed by atoms with van der Waals surface area (Å²) < 4.78 is 28.3. The lowest BCUT2D eigenvalue weighted by atomic mass is 9.93. The monoisotopic (exact) mass is 645 g/mol. The number of nitrogens with zero attached hydrogens (tertiary/aromatic N) is 1. The van der Waals surface area contributed by atoms with E-state index >= 15 is 0 Å². The van der Waals surface area contributed by atoms with Gasteiger partial charge in [0.2, 0.25) is 0 Å². The van der Waals surface area contributed by atoms with Crippen molar-refractivity contribution in [3.8, 4) is 17.2 Å². The van der Waals surface area contributed by atoms with Crippen LogP contribution in [0.25, 0.3) is 0 Å². The Morgan fingerprint density at radius 3 is 2.13 bits per heavy atom. The van der Waals surface area contributed by atoms with Crippen molar-refractivity contribution in [2.75, 3.05) is 46.1 Å². The highest BCUT2D eigenvalue weighted by molar-refractivity contribution is 6.00. The summed E-state index contributed by atoms with van der Waals surface area (Å²) >= 11 is 0. The Morgan fingerprint density at radius 2 is 1.38 bits per heavy atom. The molecule has 0 radical (unpaired) electrons. The summed E-state index contributed by atoms with van der Waals surface area (Å²) in [6.07, 6.45) is 5.00. The molecule has 1 heterocycles. The van der Waals surface area contributed by atoms with E-state index in [4.69, 9.17) is 23.7 Å². The molecule has 9 heteroatoms. The summed E-state index contributed by atoms with van der Waals surface area (Å²) in [5.41, 5.74) is 1.73. The van der Waals surface area contributed by atoms with Crippen LogP contribution in [0.5, 0.6) is 17.2 Å². The molecule has 0 saturated carbocycles. The number of likely N-dealkylation sites (tertiary alicyclic amines) is 1. The van der Waals surface area contributed by atoms with Crippen LogP contribution in [0, 0.1) is 5.92 Å². The standard InChI is InChI=1S/C38H47NO8/c1-3-43-36(40)27-29-20-22-39(23-21-29)37(41)33-28-31(38(42)44-4-2)18-19-35(33)47-26-12-14-30-13-8-9-17-34(30)46-25-11-10-24-45-32-15-6-5-7-16-32/h5-9,13,15-19,28-29H,3-4,10-12,14,20-27H2,1-2H3. The van der Waals surface area contributed by atoms with Gasteiger partial charge in [-0.05, 0) is 100 Å². The van der Waals surface area contributed by atoms with Crippen LogP contribution >= 0.6 is 0 Å². The molecule has 1 saturated heterocycles. The molecule has 252 valence electrons. The lowest BCUT2D eigenvalue weighted by Gasteiger charge is -2.32. The molecule has 1 aliphatic heterocycles. The number of ether oxygens (including phenoxy) is 5.